The topological polar surface area (TPSA) is 62.7 Å². The van der Waals surface area contributed by atoms with Crippen molar-refractivity contribution in [2.24, 2.45) is 0 Å². The molecule has 2 rings (SSSR count). The number of nitrogens with zero attached hydrogens (tertiary/aromatic N) is 2. The Balaban J connectivity index is 1.91. The first-order valence-corrected chi connectivity index (χ1v) is 6.95. The number of aromatic nitrogens is 1. The van der Waals surface area contributed by atoms with E-state index in [4.69, 9.17) is 4.74 Å². The van der Waals surface area contributed by atoms with Crippen molar-refractivity contribution in [3.05, 3.63) is 30.1 Å². The number of morpholine rings is 1. The van der Waals surface area contributed by atoms with E-state index in [0.29, 0.717) is 25.9 Å². The molecule has 0 aromatic carbocycles. The second kappa shape index (κ2) is 6.33. The number of ether oxygens (including phenoxy) is 1. The summed E-state index contributed by atoms with van der Waals surface area (Å²) in [6, 6.07) is 3.85. The van der Waals surface area contributed by atoms with Crippen LogP contribution in [0.2, 0.25) is 0 Å². The first-order chi connectivity index (χ1) is 9.50. The van der Waals surface area contributed by atoms with Gasteiger partial charge >= 0.3 is 0 Å². The standard InChI is InChI=1S/C15H22N2O3/c1-15(2)11-17(9-13(10-18)20-15)14(19)4-3-12-5-7-16-8-6-12/h5-8,13,18H,3-4,9-11H2,1-2H3. The summed E-state index contributed by atoms with van der Waals surface area (Å²) in [6.07, 6.45) is 4.36. The number of aliphatic hydroxyl groups excluding tert-OH is 1. The molecule has 1 unspecified atom stereocenters. The maximum absolute atomic E-state index is 12.3. The zero-order chi connectivity index (χ0) is 14.6. The molecule has 0 bridgehead atoms. The van der Waals surface area contributed by atoms with Gasteiger partial charge in [0.25, 0.3) is 0 Å². The highest BCUT2D eigenvalue weighted by atomic mass is 16.5. The normalized spacial score (nSPS) is 21.8. The van der Waals surface area contributed by atoms with E-state index >= 15 is 0 Å². The van der Waals surface area contributed by atoms with Gasteiger partial charge in [0.15, 0.2) is 0 Å². The Morgan fingerprint density at radius 2 is 2.20 bits per heavy atom. The van der Waals surface area contributed by atoms with Crippen molar-refractivity contribution < 1.29 is 14.6 Å². The van der Waals surface area contributed by atoms with E-state index in [-0.39, 0.29) is 18.6 Å². The van der Waals surface area contributed by atoms with Crippen molar-refractivity contribution in [1.82, 2.24) is 9.88 Å². The van der Waals surface area contributed by atoms with Crippen molar-refractivity contribution in [2.75, 3.05) is 19.7 Å². The van der Waals surface area contributed by atoms with Gasteiger partial charge in [0, 0.05) is 31.9 Å². The van der Waals surface area contributed by atoms with E-state index < -0.39 is 5.60 Å². The summed E-state index contributed by atoms with van der Waals surface area (Å²) in [4.78, 5) is 18.1. The van der Waals surface area contributed by atoms with Crippen molar-refractivity contribution in [2.45, 2.75) is 38.4 Å². The minimum atomic E-state index is -0.405. The van der Waals surface area contributed by atoms with E-state index in [1.807, 2.05) is 26.0 Å². The van der Waals surface area contributed by atoms with Crippen LogP contribution in [-0.2, 0) is 16.0 Å². The van der Waals surface area contributed by atoms with Crippen molar-refractivity contribution in [3.63, 3.8) is 0 Å². The lowest BCUT2D eigenvalue weighted by atomic mass is 10.0. The highest BCUT2D eigenvalue weighted by molar-refractivity contribution is 5.76. The summed E-state index contributed by atoms with van der Waals surface area (Å²) in [5.74, 6) is 0.108. The van der Waals surface area contributed by atoms with Gasteiger partial charge in [-0.1, -0.05) is 0 Å². The number of aryl methyl sites for hydroxylation is 1. The van der Waals surface area contributed by atoms with Crippen LogP contribution in [0, 0.1) is 0 Å². The van der Waals surface area contributed by atoms with Gasteiger partial charge < -0.3 is 14.7 Å². The smallest absolute Gasteiger partial charge is 0.223 e. The fraction of sp³-hybridized carbons (Fsp3) is 0.600. The average molecular weight is 278 g/mol. The van der Waals surface area contributed by atoms with Crippen LogP contribution in [0.5, 0.6) is 0 Å². The third-order valence-electron chi connectivity index (χ3n) is 3.41. The van der Waals surface area contributed by atoms with E-state index in [1.165, 1.54) is 0 Å². The van der Waals surface area contributed by atoms with E-state index in [0.717, 1.165) is 5.56 Å². The van der Waals surface area contributed by atoms with Gasteiger partial charge in [-0.3, -0.25) is 9.78 Å². The number of rotatable bonds is 4. The largest absolute Gasteiger partial charge is 0.394 e. The molecule has 110 valence electrons. The predicted octanol–water partition coefficient (Wildman–Crippen LogP) is 1.01. The molecule has 5 heteroatoms. The Kier molecular flexibility index (Phi) is 4.73. The average Bonchev–Trinajstić information content (AvgIpc) is 2.44. The number of pyridine rings is 1. The molecule has 1 saturated heterocycles. The summed E-state index contributed by atoms with van der Waals surface area (Å²) >= 11 is 0. The Hall–Kier alpha value is -1.46. The Morgan fingerprint density at radius 1 is 1.50 bits per heavy atom. The molecule has 1 aliphatic heterocycles. The molecular weight excluding hydrogens is 256 g/mol. The Morgan fingerprint density at radius 3 is 2.85 bits per heavy atom. The summed E-state index contributed by atoms with van der Waals surface area (Å²) in [5, 5.41) is 9.26. The van der Waals surface area contributed by atoms with Crippen LogP contribution < -0.4 is 0 Å². The molecule has 0 radical (unpaired) electrons. The lowest BCUT2D eigenvalue weighted by Crippen LogP contribution is -2.55. The van der Waals surface area contributed by atoms with Crippen LogP contribution in [0.4, 0.5) is 0 Å². The quantitative estimate of drug-likeness (QED) is 0.893. The Labute approximate surface area is 119 Å². The van der Waals surface area contributed by atoms with Gasteiger partial charge in [-0.05, 0) is 38.0 Å². The van der Waals surface area contributed by atoms with Crippen molar-refractivity contribution in [3.8, 4) is 0 Å². The van der Waals surface area contributed by atoms with Gasteiger partial charge in [0.2, 0.25) is 5.91 Å². The maximum atomic E-state index is 12.3. The Bertz CT molecular complexity index is 448. The molecule has 0 spiro atoms. The summed E-state index contributed by atoms with van der Waals surface area (Å²) in [7, 11) is 0. The molecule has 1 aromatic heterocycles. The minimum absolute atomic E-state index is 0.0580. The van der Waals surface area contributed by atoms with Gasteiger partial charge in [0.1, 0.15) is 0 Å². The third kappa shape index (κ3) is 4.02. The highest BCUT2D eigenvalue weighted by Crippen LogP contribution is 2.21. The van der Waals surface area contributed by atoms with Gasteiger partial charge in [-0.25, -0.2) is 0 Å². The number of hydrogen-bond donors (Lipinski definition) is 1. The number of amides is 1. The lowest BCUT2D eigenvalue weighted by Gasteiger charge is -2.42. The van der Waals surface area contributed by atoms with Crippen LogP contribution in [0.3, 0.4) is 0 Å². The molecule has 1 atom stereocenters. The number of hydrogen-bond acceptors (Lipinski definition) is 4. The summed E-state index contributed by atoms with van der Waals surface area (Å²) in [6.45, 7) is 4.86. The fourth-order valence-electron chi connectivity index (χ4n) is 2.54. The second-order valence-electron chi connectivity index (χ2n) is 5.81. The van der Waals surface area contributed by atoms with Crippen LogP contribution in [0.25, 0.3) is 0 Å². The molecular formula is C15H22N2O3. The number of carbonyl (C=O) groups excluding carboxylic acids is 1. The maximum Gasteiger partial charge on any atom is 0.223 e. The molecule has 1 N–H and O–H groups in total. The van der Waals surface area contributed by atoms with Gasteiger partial charge in [-0.15, -0.1) is 0 Å². The van der Waals surface area contributed by atoms with Gasteiger partial charge in [0.05, 0.1) is 18.3 Å². The predicted molar refractivity (Wildman–Crippen MR) is 75.2 cm³/mol. The summed E-state index contributed by atoms with van der Waals surface area (Å²) < 4.78 is 5.71. The molecule has 2 heterocycles. The molecule has 5 nitrogen and oxygen atoms in total. The molecule has 0 aliphatic carbocycles. The molecule has 1 aromatic rings. The van der Waals surface area contributed by atoms with Crippen LogP contribution in [0.1, 0.15) is 25.8 Å². The number of aliphatic hydroxyl groups is 1. The molecule has 1 aliphatic rings. The highest BCUT2D eigenvalue weighted by Gasteiger charge is 2.34. The lowest BCUT2D eigenvalue weighted by molar-refractivity contribution is -0.166. The molecule has 20 heavy (non-hydrogen) atoms. The minimum Gasteiger partial charge on any atom is -0.394 e. The van der Waals surface area contributed by atoms with E-state index in [2.05, 4.69) is 4.98 Å². The van der Waals surface area contributed by atoms with Crippen LogP contribution >= 0.6 is 0 Å². The van der Waals surface area contributed by atoms with Crippen LogP contribution in [-0.4, -0.2) is 52.3 Å². The number of carbonyl (C=O) groups is 1. The zero-order valence-electron chi connectivity index (χ0n) is 12.1. The monoisotopic (exact) mass is 278 g/mol. The molecule has 1 amide bonds. The molecule has 1 fully saturated rings. The van der Waals surface area contributed by atoms with Crippen LogP contribution in [0.15, 0.2) is 24.5 Å². The first-order valence-electron chi connectivity index (χ1n) is 6.95. The van der Waals surface area contributed by atoms with E-state index in [9.17, 15) is 9.90 Å². The van der Waals surface area contributed by atoms with Crippen molar-refractivity contribution >= 4 is 5.91 Å². The zero-order valence-corrected chi connectivity index (χ0v) is 12.1. The third-order valence-corrected chi connectivity index (χ3v) is 3.41. The fourth-order valence-corrected chi connectivity index (χ4v) is 2.54. The SMILES string of the molecule is CC1(C)CN(C(=O)CCc2ccncc2)CC(CO)O1. The summed E-state index contributed by atoms with van der Waals surface area (Å²) in [5.41, 5.74) is 0.706. The van der Waals surface area contributed by atoms with E-state index in [1.54, 1.807) is 17.3 Å². The first kappa shape index (κ1) is 14.9. The van der Waals surface area contributed by atoms with Crippen molar-refractivity contribution in [1.29, 1.82) is 0 Å². The van der Waals surface area contributed by atoms with Gasteiger partial charge in [-0.2, -0.15) is 0 Å². The molecule has 0 saturated carbocycles. The second-order valence-corrected chi connectivity index (χ2v) is 5.81.